The van der Waals surface area contributed by atoms with Gasteiger partial charge in [-0.15, -0.1) is 0 Å². The molecular weight excluding hydrogens is 334 g/mol. The number of benzene rings is 1. The summed E-state index contributed by atoms with van der Waals surface area (Å²) >= 11 is 1.41. The Hall–Kier alpha value is -1.86. The Bertz CT molecular complexity index is 649. The van der Waals surface area contributed by atoms with Crippen LogP contribution in [-0.4, -0.2) is 69.4 Å². The smallest absolute Gasteiger partial charge is 0.233 e. The second kappa shape index (κ2) is 9.01. The van der Waals surface area contributed by atoms with E-state index >= 15 is 0 Å². The number of amides is 1. The molecule has 1 aromatic heterocycles. The van der Waals surface area contributed by atoms with E-state index in [1.165, 1.54) is 23.7 Å². The Kier molecular flexibility index (Phi) is 6.47. The summed E-state index contributed by atoms with van der Waals surface area (Å²) in [5, 5.41) is 7.28. The Morgan fingerprint density at radius 2 is 2.24 bits per heavy atom. The molecule has 6 nitrogen and oxygen atoms in total. The second-order valence-corrected chi connectivity index (χ2v) is 7.40. The minimum atomic E-state index is 0.183. The predicted molar refractivity (Wildman–Crippen MR) is 99.5 cm³/mol. The average molecular weight is 359 g/mol. The van der Waals surface area contributed by atoms with E-state index in [-0.39, 0.29) is 5.91 Å². The number of H-pyrrole nitrogens is 1. The van der Waals surface area contributed by atoms with Crippen molar-refractivity contribution in [2.24, 2.45) is 0 Å². The third kappa shape index (κ3) is 5.31. The van der Waals surface area contributed by atoms with Crippen molar-refractivity contribution in [1.82, 2.24) is 25.0 Å². The van der Waals surface area contributed by atoms with Crippen molar-refractivity contribution in [2.75, 3.05) is 32.4 Å². The van der Waals surface area contributed by atoms with Gasteiger partial charge in [-0.1, -0.05) is 42.1 Å². The normalized spacial score (nSPS) is 17.8. The van der Waals surface area contributed by atoms with Gasteiger partial charge in [-0.3, -0.25) is 9.89 Å². The molecule has 0 saturated carbocycles. The molecular formula is C18H25N5OS. The monoisotopic (exact) mass is 359 g/mol. The van der Waals surface area contributed by atoms with Gasteiger partial charge in [0, 0.05) is 25.7 Å². The number of likely N-dealkylation sites (tertiary alicyclic amines) is 1. The third-order valence-electron chi connectivity index (χ3n) is 4.69. The number of piperidine rings is 1. The van der Waals surface area contributed by atoms with Gasteiger partial charge in [0.1, 0.15) is 6.33 Å². The van der Waals surface area contributed by atoms with Crippen LogP contribution in [0.1, 0.15) is 18.4 Å². The van der Waals surface area contributed by atoms with Crippen LogP contribution >= 0.6 is 11.8 Å². The van der Waals surface area contributed by atoms with Crippen LogP contribution < -0.4 is 0 Å². The molecule has 1 saturated heterocycles. The number of thioether (sulfide) groups is 1. The molecule has 1 amide bonds. The molecule has 1 fully saturated rings. The lowest BCUT2D eigenvalue weighted by atomic mass is 10.0. The van der Waals surface area contributed by atoms with Crippen molar-refractivity contribution in [1.29, 1.82) is 0 Å². The summed E-state index contributed by atoms with van der Waals surface area (Å²) in [6, 6.07) is 11.0. The zero-order valence-corrected chi connectivity index (χ0v) is 15.4. The summed E-state index contributed by atoms with van der Waals surface area (Å²) < 4.78 is 0. The highest BCUT2D eigenvalue weighted by molar-refractivity contribution is 7.99. The van der Waals surface area contributed by atoms with Gasteiger partial charge in [0.25, 0.3) is 0 Å². The summed E-state index contributed by atoms with van der Waals surface area (Å²) in [6.45, 7) is 2.70. The molecule has 7 heteroatoms. The number of hydrogen-bond acceptors (Lipinski definition) is 5. The fourth-order valence-corrected chi connectivity index (χ4v) is 3.84. The van der Waals surface area contributed by atoms with Gasteiger partial charge < -0.3 is 9.80 Å². The molecule has 0 radical (unpaired) electrons. The van der Waals surface area contributed by atoms with Gasteiger partial charge in [-0.2, -0.15) is 5.10 Å². The summed E-state index contributed by atoms with van der Waals surface area (Å²) in [7, 11) is 2.17. The fourth-order valence-electron chi connectivity index (χ4n) is 3.16. The SMILES string of the molecule is CN(CCc1ccccc1)[C@H]1CCCN(C(=O)CSc2ncn[nH]2)C1. The Morgan fingerprint density at radius 3 is 3.00 bits per heavy atom. The fraction of sp³-hybridized carbons (Fsp3) is 0.500. The molecule has 2 aromatic rings. The van der Waals surface area contributed by atoms with Gasteiger partial charge >= 0.3 is 0 Å². The van der Waals surface area contributed by atoms with E-state index in [0.717, 1.165) is 38.9 Å². The zero-order valence-electron chi connectivity index (χ0n) is 14.6. The topological polar surface area (TPSA) is 65.1 Å². The van der Waals surface area contributed by atoms with E-state index in [1.54, 1.807) is 0 Å². The van der Waals surface area contributed by atoms with Crippen LogP contribution in [0.4, 0.5) is 0 Å². The highest BCUT2D eigenvalue weighted by Crippen LogP contribution is 2.18. The number of carbonyl (C=O) groups is 1. The third-order valence-corrected chi connectivity index (χ3v) is 5.56. The predicted octanol–water partition coefficient (Wildman–Crippen LogP) is 2.06. The van der Waals surface area contributed by atoms with Crippen molar-refractivity contribution in [3.63, 3.8) is 0 Å². The van der Waals surface area contributed by atoms with Crippen LogP contribution in [-0.2, 0) is 11.2 Å². The second-order valence-electron chi connectivity index (χ2n) is 6.43. The lowest BCUT2D eigenvalue weighted by Crippen LogP contribution is -2.49. The van der Waals surface area contributed by atoms with E-state index in [4.69, 9.17) is 0 Å². The molecule has 3 rings (SSSR count). The van der Waals surface area contributed by atoms with Gasteiger partial charge in [0.05, 0.1) is 5.75 Å². The highest BCUT2D eigenvalue weighted by atomic mass is 32.2. The first-order chi connectivity index (χ1) is 12.2. The van der Waals surface area contributed by atoms with Crippen molar-refractivity contribution >= 4 is 17.7 Å². The zero-order chi connectivity index (χ0) is 17.5. The van der Waals surface area contributed by atoms with Crippen molar-refractivity contribution in [3.8, 4) is 0 Å². The lowest BCUT2D eigenvalue weighted by molar-refractivity contribution is -0.130. The molecule has 1 aliphatic rings. The van der Waals surface area contributed by atoms with Crippen molar-refractivity contribution < 1.29 is 4.79 Å². The summed E-state index contributed by atoms with van der Waals surface area (Å²) in [5.74, 6) is 0.595. The van der Waals surface area contributed by atoms with Gasteiger partial charge in [-0.05, 0) is 31.9 Å². The Balaban J connectivity index is 1.45. The molecule has 0 spiro atoms. The van der Waals surface area contributed by atoms with E-state index in [1.807, 2.05) is 4.90 Å². The molecule has 1 N–H and O–H groups in total. The standard InChI is InChI=1S/C18H25N5OS/c1-22(11-9-15-6-3-2-4-7-15)16-8-5-10-23(12-16)17(24)13-25-18-19-14-20-21-18/h2-4,6-7,14,16H,5,8-13H2,1H3,(H,19,20,21)/t16-/m0/s1. The van der Waals surface area contributed by atoms with Crippen LogP contribution in [0.5, 0.6) is 0 Å². The quantitative estimate of drug-likeness (QED) is 0.767. The minimum Gasteiger partial charge on any atom is -0.340 e. The summed E-state index contributed by atoms with van der Waals surface area (Å²) in [4.78, 5) is 20.9. The molecule has 2 heterocycles. The molecule has 1 atom stereocenters. The first kappa shape index (κ1) is 17.9. The molecule has 0 bridgehead atoms. The van der Waals surface area contributed by atoms with Crippen molar-refractivity contribution in [3.05, 3.63) is 42.2 Å². The molecule has 134 valence electrons. The largest absolute Gasteiger partial charge is 0.340 e. The number of carbonyl (C=O) groups excluding carboxylic acids is 1. The average Bonchev–Trinajstić information content (AvgIpc) is 3.18. The summed E-state index contributed by atoms with van der Waals surface area (Å²) in [5.41, 5.74) is 1.36. The van der Waals surface area contributed by atoms with E-state index < -0.39 is 0 Å². The number of nitrogens with one attached hydrogen (secondary N) is 1. The molecule has 1 aliphatic heterocycles. The Morgan fingerprint density at radius 1 is 1.40 bits per heavy atom. The van der Waals surface area contributed by atoms with Gasteiger partial charge in [0.15, 0.2) is 5.16 Å². The number of hydrogen-bond donors (Lipinski definition) is 1. The number of aromatic nitrogens is 3. The number of aromatic amines is 1. The molecule has 0 aliphatic carbocycles. The number of rotatable bonds is 7. The van der Waals surface area contributed by atoms with Crippen molar-refractivity contribution in [2.45, 2.75) is 30.5 Å². The first-order valence-corrected chi connectivity index (χ1v) is 9.71. The maximum atomic E-state index is 12.5. The number of likely N-dealkylation sites (N-methyl/N-ethyl adjacent to an activating group) is 1. The minimum absolute atomic E-state index is 0.183. The van der Waals surface area contributed by atoms with Crippen LogP contribution in [0.2, 0.25) is 0 Å². The van der Waals surface area contributed by atoms with E-state index in [0.29, 0.717) is 17.0 Å². The van der Waals surface area contributed by atoms with Gasteiger partial charge in [0.2, 0.25) is 5.91 Å². The Labute approximate surface area is 153 Å². The first-order valence-electron chi connectivity index (χ1n) is 8.72. The molecule has 0 unspecified atom stereocenters. The highest BCUT2D eigenvalue weighted by Gasteiger charge is 2.26. The van der Waals surface area contributed by atoms with Crippen LogP contribution in [0.3, 0.4) is 0 Å². The summed E-state index contributed by atoms with van der Waals surface area (Å²) in [6.07, 6.45) is 4.73. The van der Waals surface area contributed by atoms with Crippen LogP contribution in [0.15, 0.2) is 41.8 Å². The van der Waals surface area contributed by atoms with E-state index in [2.05, 4.69) is 57.5 Å². The van der Waals surface area contributed by atoms with Gasteiger partial charge in [-0.25, -0.2) is 4.98 Å². The van der Waals surface area contributed by atoms with Crippen LogP contribution in [0, 0.1) is 0 Å². The molecule has 25 heavy (non-hydrogen) atoms. The number of nitrogens with zero attached hydrogens (tertiary/aromatic N) is 4. The van der Waals surface area contributed by atoms with Crippen LogP contribution in [0.25, 0.3) is 0 Å². The molecule has 1 aromatic carbocycles. The maximum absolute atomic E-state index is 12.5. The van der Waals surface area contributed by atoms with E-state index in [9.17, 15) is 4.79 Å². The maximum Gasteiger partial charge on any atom is 0.233 e. The lowest BCUT2D eigenvalue weighted by Gasteiger charge is -2.37.